The van der Waals surface area contributed by atoms with Gasteiger partial charge in [0.25, 0.3) is 0 Å². The summed E-state index contributed by atoms with van der Waals surface area (Å²) in [5.74, 6) is 2.61. The third-order valence-corrected chi connectivity index (χ3v) is 13.7. The van der Waals surface area contributed by atoms with Crippen LogP contribution in [0.3, 0.4) is 0 Å². The van der Waals surface area contributed by atoms with Crippen molar-refractivity contribution in [2.24, 2.45) is 62.6 Å². The fraction of sp³-hybridized carbons (Fsp3) is 0.839. The number of hydrogen-bond donors (Lipinski definition) is 0. The molecule has 5 aliphatic carbocycles. The minimum atomic E-state index is -0.541. The number of carbonyl (C=O) groups is 2. The van der Waals surface area contributed by atoms with E-state index in [1.54, 1.807) is 0 Å². The molecule has 0 aromatic rings. The summed E-state index contributed by atoms with van der Waals surface area (Å²) in [5.41, 5.74) is -0.554. The summed E-state index contributed by atoms with van der Waals surface area (Å²) >= 11 is 0. The van der Waals surface area contributed by atoms with Crippen molar-refractivity contribution in [2.75, 3.05) is 0 Å². The third-order valence-electron chi connectivity index (χ3n) is 13.7. The number of rotatable bonds is 0. The molecule has 11 atom stereocenters. The standard InChI is InChI=1S/C31H43NO3/c1-17-9-12-31-14-13-30(7)24(23(31)18(17)2)20(35-26(31)34)15-22-28(5)16-19(32-8)25(33)27(3,4)21(28)10-11-29(22,30)6/h16-18,20-24H,9-15H2,1-7H3/t17-,18+,20-,21+,22-,23+,24-,28+,29-,30-,31+/m1/s1. The van der Waals surface area contributed by atoms with E-state index in [-0.39, 0.29) is 45.4 Å². The highest BCUT2D eigenvalue weighted by Gasteiger charge is 2.75. The second kappa shape index (κ2) is 6.81. The maximum absolute atomic E-state index is 13.7. The summed E-state index contributed by atoms with van der Waals surface area (Å²) in [6.07, 6.45) is 9.22. The second-order valence-electron chi connectivity index (χ2n) is 14.8. The molecule has 2 bridgehead atoms. The van der Waals surface area contributed by atoms with Crippen LogP contribution in [0.4, 0.5) is 0 Å². The SMILES string of the molecule is [C-]#[N+]C1=C[C@]2(C)[C@H]3C[C@H]4OC(=O)[C@]56CC[C@@H](C)[C@H](C)[C@H]5[C@@H]4[C@@](C)(CC6)[C@]3(C)CC[C@H]2C(C)(C)C1=O. The van der Waals surface area contributed by atoms with Gasteiger partial charge in [0.2, 0.25) is 5.70 Å². The van der Waals surface area contributed by atoms with Crippen molar-refractivity contribution in [3.8, 4) is 0 Å². The summed E-state index contributed by atoms with van der Waals surface area (Å²) < 4.78 is 6.49. The van der Waals surface area contributed by atoms with E-state index < -0.39 is 5.41 Å². The van der Waals surface area contributed by atoms with Crippen LogP contribution in [0.2, 0.25) is 0 Å². The van der Waals surface area contributed by atoms with Crippen LogP contribution in [-0.2, 0) is 14.3 Å². The maximum Gasteiger partial charge on any atom is 0.312 e. The first kappa shape index (κ1) is 23.7. The molecule has 5 fully saturated rings. The molecule has 0 aromatic carbocycles. The molecule has 1 saturated heterocycles. The Morgan fingerprint density at radius 2 is 1.63 bits per heavy atom. The first-order valence-corrected chi connectivity index (χ1v) is 14.1. The number of carbonyl (C=O) groups excluding carboxylic acids is 2. The zero-order chi connectivity index (χ0) is 25.3. The third kappa shape index (κ3) is 2.50. The van der Waals surface area contributed by atoms with E-state index in [2.05, 4.69) is 59.4 Å². The van der Waals surface area contributed by atoms with E-state index in [1.165, 1.54) is 0 Å². The Balaban J connectivity index is 1.52. The zero-order valence-electron chi connectivity index (χ0n) is 22.7. The molecule has 6 aliphatic rings. The molecule has 35 heavy (non-hydrogen) atoms. The molecule has 0 amide bonds. The Labute approximate surface area is 211 Å². The Kier molecular flexibility index (Phi) is 4.62. The highest BCUT2D eigenvalue weighted by molar-refractivity contribution is 6.02. The summed E-state index contributed by atoms with van der Waals surface area (Å²) in [6.45, 7) is 24.1. The minimum Gasteiger partial charge on any atom is -0.462 e. The van der Waals surface area contributed by atoms with Crippen molar-refractivity contribution >= 4 is 11.8 Å². The normalized spacial score (nSPS) is 55.9. The monoisotopic (exact) mass is 477 g/mol. The van der Waals surface area contributed by atoms with Gasteiger partial charge in [-0.1, -0.05) is 54.5 Å². The number of nitrogens with zero attached hydrogens (tertiary/aromatic N) is 1. The molecule has 4 saturated carbocycles. The lowest BCUT2D eigenvalue weighted by atomic mass is 9.30. The molecular weight excluding hydrogens is 434 g/mol. The van der Waals surface area contributed by atoms with E-state index in [0.29, 0.717) is 35.3 Å². The summed E-state index contributed by atoms with van der Waals surface area (Å²) in [4.78, 5) is 30.7. The molecule has 1 aliphatic heterocycles. The average molecular weight is 478 g/mol. The largest absolute Gasteiger partial charge is 0.462 e. The zero-order valence-corrected chi connectivity index (χ0v) is 22.7. The van der Waals surface area contributed by atoms with E-state index in [9.17, 15) is 9.59 Å². The smallest absolute Gasteiger partial charge is 0.312 e. The Hall–Kier alpha value is -1.63. The molecule has 0 unspecified atom stereocenters. The number of allylic oxidation sites excluding steroid dienone is 2. The van der Waals surface area contributed by atoms with E-state index in [4.69, 9.17) is 11.3 Å². The van der Waals surface area contributed by atoms with Gasteiger partial charge in [-0.3, -0.25) is 4.79 Å². The number of Topliss-reactive ketones (excluding diaryl/α,β-unsaturated/α-hetero) is 1. The Bertz CT molecular complexity index is 1080. The van der Waals surface area contributed by atoms with E-state index >= 15 is 0 Å². The number of hydrogen-bond acceptors (Lipinski definition) is 3. The number of ketones is 1. The van der Waals surface area contributed by atoms with Crippen LogP contribution in [0.1, 0.15) is 93.4 Å². The van der Waals surface area contributed by atoms with Gasteiger partial charge in [0.1, 0.15) is 6.10 Å². The van der Waals surface area contributed by atoms with Crippen molar-refractivity contribution < 1.29 is 14.3 Å². The summed E-state index contributed by atoms with van der Waals surface area (Å²) in [5, 5.41) is 0. The highest BCUT2D eigenvalue weighted by Crippen LogP contribution is 2.78. The lowest BCUT2D eigenvalue weighted by molar-refractivity contribution is -0.294. The molecule has 0 aromatic heterocycles. The fourth-order valence-corrected chi connectivity index (χ4v) is 11.5. The number of ether oxygens (including phenoxy) is 1. The predicted molar refractivity (Wildman–Crippen MR) is 135 cm³/mol. The van der Waals surface area contributed by atoms with Crippen LogP contribution in [0, 0.1) is 69.2 Å². The van der Waals surface area contributed by atoms with Crippen LogP contribution in [0.15, 0.2) is 11.8 Å². The van der Waals surface area contributed by atoms with Gasteiger partial charge >= 0.3 is 5.97 Å². The maximum atomic E-state index is 13.7. The van der Waals surface area contributed by atoms with Crippen LogP contribution < -0.4 is 0 Å². The van der Waals surface area contributed by atoms with Gasteiger partial charge in [-0.25, -0.2) is 4.85 Å². The Morgan fingerprint density at radius 1 is 0.914 bits per heavy atom. The van der Waals surface area contributed by atoms with Crippen molar-refractivity contribution in [1.82, 2.24) is 0 Å². The van der Waals surface area contributed by atoms with Gasteiger partial charge in [0.05, 0.1) is 12.0 Å². The van der Waals surface area contributed by atoms with Gasteiger partial charge in [-0.15, -0.1) is 0 Å². The molecule has 0 N–H and O–H groups in total. The van der Waals surface area contributed by atoms with Crippen LogP contribution in [0.5, 0.6) is 0 Å². The molecule has 190 valence electrons. The van der Waals surface area contributed by atoms with Crippen molar-refractivity contribution in [2.45, 2.75) is 99.5 Å². The van der Waals surface area contributed by atoms with Crippen molar-refractivity contribution in [3.63, 3.8) is 0 Å². The van der Waals surface area contributed by atoms with Crippen molar-refractivity contribution in [3.05, 3.63) is 23.2 Å². The second-order valence-corrected chi connectivity index (χ2v) is 14.8. The lowest BCUT2D eigenvalue weighted by Crippen LogP contribution is -2.73. The first-order valence-electron chi connectivity index (χ1n) is 14.1. The van der Waals surface area contributed by atoms with Gasteiger partial charge in [0.15, 0.2) is 5.78 Å². The molecule has 1 heterocycles. The Morgan fingerprint density at radius 3 is 2.31 bits per heavy atom. The highest BCUT2D eigenvalue weighted by atomic mass is 16.5. The van der Waals surface area contributed by atoms with E-state index in [1.807, 2.05) is 0 Å². The quantitative estimate of drug-likeness (QED) is 0.283. The van der Waals surface area contributed by atoms with Gasteiger partial charge in [-0.05, 0) is 90.8 Å². The first-order chi connectivity index (χ1) is 16.3. The fourth-order valence-electron chi connectivity index (χ4n) is 11.5. The number of esters is 1. The molecule has 4 nitrogen and oxygen atoms in total. The minimum absolute atomic E-state index is 0.00929. The molecule has 0 spiro atoms. The molecule has 0 radical (unpaired) electrons. The molecule has 6 rings (SSSR count). The van der Waals surface area contributed by atoms with E-state index in [0.717, 1.165) is 44.9 Å². The van der Waals surface area contributed by atoms with Crippen LogP contribution in [0.25, 0.3) is 4.85 Å². The van der Waals surface area contributed by atoms with Gasteiger partial charge < -0.3 is 9.53 Å². The van der Waals surface area contributed by atoms with Gasteiger partial charge in [-0.2, -0.15) is 0 Å². The molecule has 4 heteroatoms. The van der Waals surface area contributed by atoms with Gasteiger partial charge in [0, 0.05) is 11.3 Å². The van der Waals surface area contributed by atoms with Crippen LogP contribution >= 0.6 is 0 Å². The van der Waals surface area contributed by atoms with Crippen molar-refractivity contribution in [1.29, 1.82) is 0 Å². The predicted octanol–water partition coefficient (Wildman–Crippen LogP) is 6.85. The average Bonchev–Trinajstić information content (AvgIpc) is 2.80. The summed E-state index contributed by atoms with van der Waals surface area (Å²) in [6, 6.07) is 0. The number of fused-ring (bicyclic) bond motifs is 4. The topological polar surface area (TPSA) is 47.7 Å². The molecular formula is C31H43NO3. The lowest BCUT2D eigenvalue weighted by Gasteiger charge is -2.75. The van der Waals surface area contributed by atoms with Crippen LogP contribution in [-0.4, -0.2) is 17.9 Å². The summed E-state index contributed by atoms with van der Waals surface area (Å²) in [7, 11) is 0.